The minimum atomic E-state index is -0.554. The van der Waals surface area contributed by atoms with Crippen LogP contribution in [-0.4, -0.2) is 53.4 Å². The summed E-state index contributed by atoms with van der Waals surface area (Å²) in [6.07, 6.45) is 3.92. The molecule has 1 saturated heterocycles. The van der Waals surface area contributed by atoms with E-state index >= 15 is 0 Å². The molecule has 0 atom stereocenters. The van der Waals surface area contributed by atoms with Crippen LogP contribution < -0.4 is 16.1 Å². The fourth-order valence-corrected chi connectivity index (χ4v) is 2.24. The monoisotopic (exact) mass is 345 g/mol. The van der Waals surface area contributed by atoms with Crippen LogP contribution in [-0.2, 0) is 4.74 Å². The number of ether oxygens (including phenoxy) is 1. The number of anilines is 2. The van der Waals surface area contributed by atoms with Gasteiger partial charge in [-0.2, -0.15) is 10.1 Å². The molecule has 25 heavy (non-hydrogen) atoms. The summed E-state index contributed by atoms with van der Waals surface area (Å²) in [4.78, 5) is 24.9. The topological polar surface area (TPSA) is 119 Å². The first-order valence-electron chi connectivity index (χ1n) is 7.53. The summed E-state index contributed by atoms with van der Waals surface area (Å²) in [7, 11) is 0. The van der Waals surface area contributed by atoms with Crippen molar-refractivity contribution in [3.05, 3.63) is 41.6 Å². The summed E-state index contributed by atoms with van der Waals surface area (Å²) in [5.41, 5.74) is 8.58. The normalized spacial score (nSPS) is 14.7. The second-order valence-corrected chi connectivity index (χ2v) is 5.17. The van der Waals surface area contributed by atoms with Gasteiger partial charge in [-0.05, 0) is 12.1 Å². The minimum absolute atomic E-state index is 0.144. The molecule has 1 fully saturated rings. The van der Waals surface area contributed by atoms with Crippen LogP contribution in [0, 0.1) is 5.82 Å². The summed E-state index contributed by atoms with van der Waals surface area (Å²) >= 11 is 0. The number of nitrogens with two attached hydrogens (primary N) is 1. The molecule has 0 unspecified atom stereocenters. The fourth-order valence-electron chi connectivity index (χ4n) is 2.24. The molecule has 0 spiro atoms. The number of carbonyl (C=O) groups is 1. The van der Waals surface area contributed by atoms with Gasteiger partial charge in [-0.15, -0.1) is 0 Å². The molecule has 0 aromatic carbocycles. The molecule has 1 aliphatic rings. The molecule has 130 valence electrons. The van der Waals surface area contributed by atoms with E-state index < -0.39 is 11.7 Å². The van der Waals surface area contributed by atoms with Crippen molar-refractivity contribution in [3.8, 4) is 0 Å². The number of halogens is 1. The lowest BCUT2D eigenvalue weighted by Gasteiger charge is -2.27. The van der Waals surface area contributed by atoms with Crippen molar-refractivity contribution >= 4 is 23.9 Å². The van der Waals surface area contributed by atoms with Crippen LogP contribution in [0.3, 0.4) is 0 Å². The minimum Gasteiger partial charge on any atom is -0.378 e. The Morgan fingerprint density at radius 1 is 1.40 bits per heavy atom. The molecule has 0 saturated carbocycles. The molecular weight excluding hydrogens is 329 g/mol. The van der Waals surface area contributed by atoms with Crippen LogP contribution >= 0.6 is 0 Å². The number of hydrogen-bond acceptors (Lipinski definition) is 8. The van der Waals surface area contributed by atoms with E-state index in [1.807, 2.05) is 0 Å². The number of nitrogens with one attached hydrogen (secondary N) is 1. The second-order valence-electron chi connectivity index (χ2n) is 5.17. The molecule has 0 aliphatic carbocycles. The van der Waals surface area contributed by atoms with Gasteiger partial charge in [-0.25, -0.2) is 14.8 Å². The molecule has 3 rings (SSSR count). The van der Waals surface area contributed by atoms with E-state index in [1.165, 1.54) is 24.5 Å². The number of primary amides is 1. The molecule has 1 aliphatic heterocycles. The lowest BCUT2D eigenvalue weighted by atomic mass is 10.2. The van der Waals surface area contributed by atoms with Crippen molar-refractivity contribution in [1.29, 1.82) is 0 Å². The van der Waals surface area contributed by atoms with Crippen LogP contribution in [0.1, 0.15) is 16.1 Å². The highest BCUT2D eigenvalue weighted by Crippen LogP contribution is 2.18. The molecule has 9 nitrogen and oxygen atoms in total. The zero-order valence-electron chi connectivity index (χ0n) is 13.2. The van der Waals surface area contributed by atoms with Crippen molar-refractivity contribution in [3.63, 3.8) is 0 Å². The Morgan fingerprint density at radius 2 is 2.20 bits per heavy atom. The van der Waals surface area contributed by atoms with E-state index in [1.54, 1.807) is 4.90 Å². The smallest absolute Gasteiger partial charge is 0.248 e. The zero-order chi connectivity index (χ0) is 17.6. The Bertz CT molecular complexity index is 793. The van der Waals surface area contributed by atoms with Crippen molar-refractivity contribution in [2.45, 2.75) is 0 Å². The summed E-state index contributed by atoms with van der Waals surface area (Å²) in [6.45, 7) is 2.15. The number of carbonyl (C=O) groups excluding carboxylic acids is 1. The number of nitrogens with zero attached hydrogens (tertiary/aromatic N) is 5. The van der Waals surface area contributed by atoms with Gasteiger partial charge in [0.05, 0.1) is 31.3 Å². The number of amides is 1. The zero-order valence-corrected chi connectivity index (χ0v) is 13.2. The number of hydrazone groups is 1. The number of hydrogen-bond donors (Lipinski definition) is 2. The lowest BCUT2D eigenvalue weighted by Crippen LogP contribution is -2.37. The standard InChI is InChI=1S/C15H16FN7O2/c16-12-9-19-15(21-14(12)23-3-5-25-6-4-23)22-20-8-11-7-10(13(17)24)1-2-18-11/h1-2,7-9H,3-6H2,(H2,17,24)(H,19,21,22)/b20-8+. The largest absolute Gasteiger partial charge is 0.378 e. The summed E-state index contributed by atoms with van der Waals surface area (Å²) < 4.78 is 19.2. The Morgan fingerprint density at radius 3 is 2.96 bits per heavy atom. The predicted octanol–water partition coefficient (Wildman–Crippen LogP) is 0.392. The average molecular weight is 345 g/mol. The van der Waals surface area contributed by atoms with Crippen LogP contribution in [0.2, 0.25) is 0 Å². The van der Waals surface area contributed by atoms with E-state index in [0.29, 0.717) is 37.6 Å². The maximum absolute atomic E-state index is 13.9. The van der Waals surface area contributed by atoms with Gasteiger partial charge in [0.15, 0.2) is 11.6 Å². The molecule has 1 amide bonds. The van der Waals surface area contributed by atoms with Gasteiger partial charge >= 0.3 is 0 Å². The Balaban J connectivity index is 1.70. The van der Waals surface area contributed by atoms with Crippen LogP contribution in [0.5, 0.6) is 0 Å². The van der Waals surface area contributed by atoms with Gasteiger partial charge in [-0.3, -0.25) is 9.78 Å². The first-order chi connectivity index (χ1) is 12.1. The summed E-state index contributed by atoms with van der Waals surface area (Å²) in [5, 5.41) is 3.95. The quantitative estimate of drug-likeness (QED) is 0.594. The van der Waals surface area contributed by atoms with E-state index in [-0.39, 0.29) is 11.8 Å². The molecule has 0 bridgehead atoms. The van der Waals surface area contributed by atoms with E-state index in [4.69, 9.17) is 10.5 Å². The van der Waals surface area contributed by atoms with Gasteiger partial charge in [0.2, 0.25) is 11.9 Å². The van der Waals surface area contributed by atoms with Gasteiger partial charge in [0.25, 0.3) is 0 Å². The molecule has 3 N–H and O–H groups in total. The van der Waals surface area contributed by atoms with E-state index in [2.05, 4.69) is 25.5 Å². The molecule has 0 radical (unpaired) electrons. The maximum Gasteiger partial charge on any atom is 0.248 e. The highest BCUT2D eigenvalue weighted by atomic mass is 19.1. The molecule has 2 aromatic rings. The summed E-state index contributed by atoms with van der Waals surface area (Å²) in [5.74, 6) is -0.718. The Hall–Kier alpha value is -3.14. The predicted molar refractivity (Wildman–Crippen MR) is 89.0 cm³/mol. The molecule has 3 heterocycles. The molecule has 2 aromatic heterocycles. The first-order valence-corrected chi connectivity index (χ1v) is 7.53. The maximum atomic E-state index is 13.9. The van der Waals surface area contributed by atoms with Crippen molar-refractivity contribution < 1.29 is 13.9 Å². The van der Waals surface area contributed by atoms with Gasteiger partial charge in [0.1, 0.15) is 0 Å². The number of aromatic nitrogens is 3. The first kappa shape index (κ1) is 16.7. The SMILES string of the molecule is NC(=O)c1ccnc(/C=N/Nc2ncc(F)c(N3CCOCC3)n2)c1. The molecule has 10 heteroatoms. The third-order valence-corrected chi connectivity index (χ3v) is 3.46. The highest BCUT2D eigenvalue weighted by Gasteiger charge is 2.17. The third kappa shape index (κ3) is 4.23. The van der Waals surface area contributed by atoms with Gasteiger partial charge in [0, 0.05) is 24.8 Å². The average Bonchev–Trinajstić information content (AvgIpc) is 2.64. The Kier molecular flexibility index (Phi) is 5.09. The number of pyridine rings is 1. The third-order valence-electron chi connectivity index (χ3n) is 3.46. The van der Waals surface area contributed by atoms with Crippen LogP contribution in [0.25, 0.3) is 0 Å². The van der Waals surface area contributed by atoms with E-state index in [9.17, 15) is 9.18 Å². The van der Waals surface area contributed by atoms with Gasteiger partial charge in [-0.1, -0.05) is 0 Å². The van der Waals surface area contributed by atoms with Gasteiger partial charge < -0.3 is 15.4 Å². The van der Waals surface area contributed by atoms with Crippen molar-refractivity contribution in [2.24, 2.45) is 10.8 Å². The second kappa shape index (κ2) is 7.62. The van der Waals surface area contributed by atoms with Crippen LogP contribution in [0.4, 0.5) is 16.2 Å². The van der Waals surface area contributed by atoms with Crippen molar-refractivity contribution in [1.82, 2.24) is 15.0 Å². The fraction of sp³-hybridized carbons (Fsp3) is 0.267. The van der Waals surface area contributed by atoms with Crippen LogP contribution in [0.15, 0.2) is 29.6 Å². The molecular formula is C15H16FN7O2. The van der Waals surface area contributed by atoms with E-state index in [0.717, 1.165) is 6.20 Å². The summed E-state index contributed by atoms with van der Waals surface area (Å²) in [6, 6.07) is 3.00. The number of rotatable bonds is 5. The highest BCUT2D eigenvalue weighted by molar-refractivity contribution is 5.94. The number of morpholine rings is 1. The lowest BCUT2D eigenvalue weighted by molar-refractivity contribution is 0.1000. The Labute approximate surface area is 142 Å². The van der Waals surface area contributed by atoms with Crippen molar-refractivity contribution in [2.75, 3.05) is 36.6 Å².